The summed E-state index contributed by atoms with van der Waals surface area (Å²) in [6.07, 6.45) is -0.783. The van der Waals surface area contributed by atoms with Gasteiger partial charge in [0.25, 0.3) is 5.91 Å². The van der Waals surface area contributed by atoms with Crippen molar-refractivity contribution in [1.82, 2.24) is 5.43 Å². The monoisotopic (exact) mass is 357 g/mol. The van der Waals surface area contributed by atoms with E-state index in [0.29, 0.717) is 11.3 Å². The second kappa shape index (κ2) is 8.54. The van der Waals surface area contributed by atoms with Crippen LogP contribution in [0.15, 0.2) is 84.9 Å². The fourth-order valence-corrected chi connectivity index (χ4v) is 2.54. The molecule has 1 unspecified atom stereocenters. The molecule has 5 nitrogen and oxygen atoms in total. The molecule has 3 aromatic rings. The lowest BCUT2D eigenvalue weighted by atomic mass is 10.2. The van der Waals surface area contributed by atoms with Crippen LogP contribution in [0, 0.1) is 11.3 Å². The molecular formula is C22H19N3O2. The number of anilines is 2. The number of carbonyl (C=O) groups is 1. The second-order valence-corrected chi connectivity index (χ2v) is 5.85. The molecule has 0 heterocycles. The normalized spacial score (nSPS) is 11.1. The van der Waals surface area contributed by atoms with Gasteiger partial charge in [0.1, 0.15) is 11.8 Å². The molecule has 0 aromatic heterocycles. The zero-order chi connectivity index (χ0) is 19.1. The summed E-state index contributed by atoms with van der Waals surface area (Å²) < 4.78 is 5.71. The van der Waals surface area contributed by atoms with Crippen molar-refractivity contribution in [2.24, 2.45) is 0 Å². The molecule has 1 N–H and O–H groups in total. The SMILES string of the molecule is CC(Oc1ccccc1C#N)C(=O)NN(c1ccccc1)c1ccccc1. The Balaban J connectivity index is 1.79. The van der Waals surface area contributed by atoms with E-state index in [1.807, 2.05) is 60.7 Å². The van der Waals surface area contributed by atoms with Crippen LogP contribution in [-0.2, 0) is 4.79 Å². The van der Waals surface area contributed by atoms with Gasteiger partial charge in [-0.1, -0.05) is 48.5 Å². The molecule has 0 aliphatic carbocycles. The van der Waals surface area contributed by atoms with Gasteiger partial charge < -0.3 is 4.74 Å². The summed E-state index contributed by atoms with van der Waals surface area (Å²) in [7, 11) is 0. The highest BCUT2D eigenvalue weighted by Crippen LogP contribution is 2.23. The van der Waals surface area contributed by atoms with Crippen LogP contribution < -0.4 is 15.2 Å². The van der Waals surface area contributed by atoms with Gasteiger partial charge in [-0.3, -0.25) is 15.2 Å². The van der Waals surface area contributed by atoms with Crippen LogP contribution in [0.3, 0.4) is 0 Å². The van der Waals surface area contributed by atoms with Crippen molar-refractivity contribution in [1.29, 1.82) is 5.26 Å². The summed E-state index contributed by atoms with van der Waals surface area (Å²) in [5.41, 5.74) is 4.92. The van der Waals surface area contributed by atoms with Gasteiger partial charge >= 0.3 is 0 Å². The Labute approximate surface area is 158 Å². The third kappa shape index (κ3) is 4.44. The lowest BCUT2D eigenvalue weighted by molar-refractivity contribution is -0.127. The minimum Gasteiger partial charge on any atom is -0.479 e. The van der Waals surface area contributed by atoms with Gasteiger partial charge in [0.2, 0.25) is 0 Å². The van der Waals surface area contributed by atoms with Gasteiger partial charge in [0.15, 0.2) is 6.10 Å². The zero-order valence-electron chi connectivity index (χ0n) is 14.9. The molecule has 0 bridgehead atoms. The first kappa shape index (κ1) is 18.0. The second-order valence-electron chi connectivity index (χ2n) is 5.85. The van der Waals surface area contributed by atoms with E-state index in [1.54, 1.807) is 36.2 Å². The van der Waals surface area contributed by atoms with E-state index < -0.39 is 6.10 Å². The first-order chi connectivity index (χ1) is 13.2. The number of nitriles is 1. The fourth-order valence-electron chi connectivity index (χ4n) is 2.54. The minimum absolute atomic E-state index is 0.324. The van der Waals surface area contributed by atoms with E-state index in [-0.39, 0.29) is 5.91 Å². The van der Waals surface area contributed by atoms with Crippen LogP contribution >= 0.6 is 0 Å². The number of hydrogen-bond acceptors (Lipinski definition) is 4. The standard InChI is InChI=1S/C22H19N3O2/c1-17(27-21-15-9-8-10-18(21)16-23)22(26)24-25(19-11-4-2-5-12-19)20-13-6-3-7-14-20/h2-15,17H,1H3,(H,24,26). The van der Waals surface area contributed by atoms with Crippen molar-refractivity contribution in [3.63, 3.8) is 0 Å². The van der Waals surface area contributed by atoms with Crippen molar-refractivity contribution in [2.75, 3.05) is 5.01 Å². The van der Waals surface area contributed by atoms with E-state index in [0.717, 1.165) is 11.4 Å². The summed E-state index contributed by atoms with van der Waals surface area (Å²) in [6.45, 7) is 1.65. The van der Waals surface area contributed by atoms with E-state index in [1.165, 1.54) is 0 Å². The summed E-state index contributed by atoms with van der Waals surface area (Å²) in [4.78, 5) is 12.7. The third-order valence-electron chi connectivity index (χ3n) is 3.93. The maximum absolute atomic E-state index is 12.7. The Morgan fingerprint density at radius 2 is 1.44 bits per heavy atom. The average Bonchev–Trinajstić information content (AvgIpc) is 2.73. The van der Waals surface area contributed by atoms with Gasteiger partial charge in [-0.2, -0.15) is 5.26 Å². The van der Waals surface area contributed by atoms with Crippen LogP contribution in [0.4, 0.5) is 11.4 Å². The molecule has 3 rings (SSSR count). The number of carbonyl (C=O) groups excluding carboxylic acids is 1. The van der Waals surface area contributed by atoms with Crippen molar-refractivity contribution in [3.8, 4) is 11.8 Å². The molecule has 134 valence electrons. The summed E-state index contributed by atoms with van der Waals surface area (Å²) in [6, 6.07) is 28.0. The summed E-state index contributed by atoms with van der Waals surface area (Å²) in [5.74, 6) is 0.0593. The highest BCUT2D eigenvalue weighted by molar-refractivity contribution is 5.84. The molecule has 0 radical (unpaired) electrons. The number of benzene rings is 3. The smallest absolute Gasteiger partial charge is 0.279 e. The molecule has 1 atom stereocenters. The number of amides is 1. The summed E-state index contributed by atoms with van der Waals surface area (Å²) in [5, 5.41) is 10.9. The van der Waals surface area contributed by atoms with E-state index >= 15 is 0 Å². The highest BCUT2D eigenvalue weighted by atomic mass is 16.5. The molecule has 3 aromatic carbocycles. The van der Waals surface area contributed by atoms with Crippen molar-refractivity contribution < 1.29 is 9.53 Å². The number of rotatable bonds is 6. The topological polar surface area (TPSA) is 65.4 Å². The third-order valence-corrected chi connectivity index (χ3v) is 3.93. The van der Waals surface area contributed by atoms with E-state index in [2.05, 4.69) is 11.5 Å². The van der Waals surface area contributed by atoms with Gasteiger partial charge in [0, 0.05) is 0 Å². The quantitative estimate of drug-likeness (QED) is 0.672. The fraction of sp³-hybridized carbons (Fsp3) is 0.0909. The van der Waals surface area contributed by atoms with Crippen LogP contribution in [0.2, 0.25) is 0 Å². The Hall–Kier alpha value is -3.78. The highest BCUT2D eigenvalue weighted by Gasteiger charge is 2.20. The molecule has 0 fully saturated rings. The maximum Gasteiger partial charge on any atom is 0.279 e. The van der Waals surface area contributed by atoms with E-state index in [4.69, 9.17) is 4.74 Å². The Kier molecular flexibility index (Phi) is 5.70. The Morgan fingerprint density at radius 3 is 2.00 bits per heavy atom. The number of nitrogens with one attached hydrogen (secondary N) is 1. The molecule has 0 aliphatic heterocycles. The Morgan fingerprint density at radius 1 is 0.926 bits per heavy atom. The minimum atomic E-state index is -0.783. The van der Waals surface area contributed by atoms with Crippen molar-refractivity contribution >= 4 is 17.3 Å². The van der Waals surface area contributed by atoms with E-state index in [9.17, 15) is 10.1 Å². The molecule has 27 heavy (non-hydrogen) atoms. The van der Waals surface area contributed by atoms with Crippen LogP contribution in [0.5, 0.6) is 5.75 Å². The number of ether oxygens (including phenoxy) is 1. The molecule has 0 aliphatic rings. The molecule has 0 spiro atoms. The average molecular weight is 357 g/mol. The Bertz CT molecular complexity index is 897. The van der Waals surface area contributed by atoms with Crippen molar-refractivity contribution in [3.05, 3.63) is 90.5 Å². The number of nitrogens with zero attached hydrogens (tertiary/aromatic N) is 2. The van der Waals surface area contributed by atoms with Crippen LogP contribution in [0.25, 0.3) is 0 Å². The lowest BCUT2D eigenvalue weighted by Gasteiger charge is -2.27. The summed E-state index contributed by atoms with van der Waals surface area (Å²) >= 11 is 0. The molecule has 0 saturated carbocycles. The van der Waals surface area contributed by atoms with Crippen molar-refractivity contribution in [2.45, 2.75) is 13.0 Å². The first-order valence-electron chi connectivity index (χ1n) is 8.55. The number of hydrogen-bond donors (Lipinski definition) is 1. The van der Waals surface area contributed by atoms with Crippen LogP contribution in [0.1, 0.15) is 12.5 Å². The number of para-hydroxylation sites is 3. The van der Waals surface area contributed by atoms with Gasteiger partial charge in [-0.05, 0) is 43.3 Å². The lowest BCUT2D eigenvalue weighted by Crippen LogP contribution is -2.45. The maximum atomic E-state index is 12.7. The van der Waals surface area contributed by atoms with Gasteiger partial charge in [-0.25, -0.2) is 0 Å². The predicted octanol–water partition coefficient (Wildman–Crippen LogP) is 4.20. The molecule has 0 saturated heterocycles. The zero-order valence-corrected chi connectivity index (χ0v) is 14.9. The van der Waals surface area contributed by atoms with Gasteiger partial charge in [0.05, 0.1) is 16.9 Å². The first-order valence-corrected chi connectivity index (χ1v) is 8.55. The largest absolute Gasteiger partial charge is 0.479 e. The molecule has 1 amide bonds. The molecular weight excluding hydrogens is 338 g/mol. The van der Waals surface area contributed by atoms with Crippen LogP contribution in [-0.4, -0.2) is 12.0 Å². The van der Waals surface area contributed by atoms with Gasteiger partial charge in [-0.15, -0.1) is 0 Å². The number of hydrazine groups is 1. The molecule has 5 heteroatoms. The predicted molar refractivity (Wildman–Crippen MR) is 104 cm³/mol.